The highest BCUT2D eigenvalue weighted by molar-refractivity contribution is 5.94. The van der Waals surface area contributed by atoms with Crippen LogP contribution in [0.25, 0.3) is 33.3 Å². The molecule has 4 rings (SSSR count). The quantitative estimate of drug-likeness (QED) is 0.415. The lowest BCUT2D eigenvalue weighted by molar-refractivity contribution is 0.294. The molecule has 2 N–H and O–H groups in total. The lowest BCUT2D eigenvalue weighted by atomic mass is 9.94. The van der Waals surface area contributed by atoms with Gasteiger partial charge in [-0.05, 0) is 60.4 Å². The molecule has 0 saturated carbocycles. The molecular weight excluding hydrogens is 368 g/mol. The molecule has 0 aliphatic rings. The van der Waals surface area contributed by atoms with E-state index in [1.807, 2.05) is 6.07 Å². The van der Waals surface area contributed by atoms with Crippen molar-refractivity contribution in [2.24, 2.45) is 0 Å². The van der Waals surface area contributed by atoms with Crippen molar-refractivity contribution in [3.63, 3.8) is 0 Å². The van der Waals surface area contributed by atoms with E-state index in [0.717, 1.165) is 43.6 Å². The first-order valence-electron chi connectivity index (χ1n) is 10.8. The molecule has 154 valence electrons. The smallest absolute Gasteiger partial charge is 0.201 e. The number of hydrogen-bond donors (Lipinski definition) is 1. The molecule has 0 radical (unpaired) electrons. The number of hydrogen-bond acceptors (Lipinski definition) is 3. The van der Waals surface area contributed by atoms with Gasteiger partial charge >= 0.3 is 0 Å². The molecule has 0 spiro atoms. The van der Waals surface area contributed by atoms with Gasteiger partial charge in [0.25, 0.3) is 0 Å². The third kappa shape index (κ3) is 4.10. The average molecular weight is 399 g/mol. The third-order valence-electron chi connectivity index (χ3n) is 5.84. The highest BCUT2D eigenvalue weighted by Crippen LogP contribution is 2.36. The first-order chi connectivity index (χ1) is 14.7. The number of nitrogens with zero attached hydrogens (tertiary/aromatic N) is 3. The molecule has 0 bridgehead atoms. The molecule has 0 unspecified atom stereocenters. The van der Waals surface area contributed by atoms with Crippen molar-refractivity contribution in [2.45, 2.75) is 26.8 Å². The second-order valence-electron chi connectivity index (χ2n) is 7.62. The van der Waals surface area contributed by atoms with Crippen LogP contribution >= 0.6 is 0 Å². The summed E-state index contributed by atoms with van der Waals surface area (Å²) in [7, 11) is 0. The fourth-order valence-corrected chi connectivity index (χ4v) is 4.13. The van der Waals surface area contributed by atoms with Crippen molar-refractivity contribution in [1.29, 1.82) is 0 Å². The average Bonchev–Trinajstić information content (AvgIpc) is 3.11. The molecule has 0 saturated heterocycles. The fraction of sp³-hybridized carbons (Fsp3) is 0.269. The van der Waals surface area contributed by atoms with E-state index in [-0.39, 0.29) is 0 Å². The van der Waals surface area contributed by atoms with Gasteiger partial charge in [-0.25, -0.2) is 4.98 Å². The van der Waals surface area contributed by atoms with E-state index in [4.69, 9.17) is 10.7 Å². The number of imidazole rings is 1. The van der Waals surface area contributed by atoms with Crippen LogP contribution in [0.3, 0.4) is 0 Å². The van der Waals surface area contributed by atoms with Crippen molar-refractivity contribution in [3.05, 3.63) is 72.8 Å². The third-order valence-corrected chi connectivity index (χ3v) is 5.84. The molecule has 0 fully saturated rings. The van der Waals surface area contributed by atoms with Gasteiger partial charge in [0.1, 0.15) is 0 Å². The fourth-order valence-electron chi connectivity index (χ4n) is 4.13. The number of nitrogens with two attached hydrogens (primary N) is 1. The molecule has 1 heterocycles. The molecule has 0 amide bonds. The van der Waals surface area contributed by atoms with Crippen LogP contribution in [0.1, 0.15) is 20.3 Å². The molecule has 0 atom stereocenters. The Morgan fingerprint density at radius 1 is 0.833 bits per heavy atom. The second-order valence-corrected chi connectivity index (χ2v) is 7.62. The summed E-state index contributed by atoms with van der Waals surface area (Å²) in [6.45, 7) is 8.52. The number of anilines is 1. The van der Waals surface area contributed by atoms with Crippen molar-refractivity contribution in [1.82, 2.24) is 14.5 Å². The summed E-state index contributed by atoms with van der Waals surface area (Å²) < 4.78 is 2.17. The number of nitrogen functional groups attached to an aromatic ring is 1. The minimum Gasteiger partial charge on any atom is -0.369 e. The molecule has 4 aromatic rings. The van der Waals surface area contributed by atoms with Crippen LogP contribution in [0.15, 0.2) is 72.8 Å². The van der Waals surface area contributed by atoms with E-state index in [1.165, 1.54) is 22.3 Å². The predicted octanol–water partition coefficient (Wildman–Crippen LogP) is 5.68. The Hall–Kier alpha value is -3.11. The van der Waals surface area contributed by atoms with E-state index < -0.39 is 0 Å². The number of aryl methyl sites for hydroxylation is 1. The maximum absolute atomic E-state index is 6.35. The summed E-state index contributed by atoms with van der Waals surface area (Å²) in [5.41, 5.74) is 13.2. The summed E-state index contributed by atoms with van der Waals surface area (Å²) in [6.07, 6.45) is 1.05. The van der Waals surface area contributed by atoms with Gasteiger partial charge in [-0.3, -0.25) is 0 Å². The molecule has 0 aliphatic heterocycles. The zero-order valence-electron chi connectivity index (χ0n) is 17.9. The first-order valence-corrected chi connectivity index (χ1v) is 10.8. The second kappa shape index (κ2) is 9.14. The molecule has 4 heteroatoms. The summed E-state index contributed by atoms with van der Waals surface area (Å²) in [4.78, 5) is 7.14. The van der Waals surface area contributed by atoms with Crippen LogP contribution in [-0.4, -0.2) is 34.1 Å². The predicted molar refractivity (Wildman–Crippen MR) is 127 cm³/mol. The number of aromatic nitrogens is 2. The topological polar surface area (TPSA) is 47.1 Å². The molecular formula is C26H30N4. The standard InChI is InChI=1S/C26H30N4/c1-3-29(4-2)16-11-17-30-25-19-23(21-14-9-6-10-15-21)22(18-24(25)28-26(30)27)20-12-7-5-8-13-20/h5-10,12-15,18-19H,3-4,11,16-17H2,1-2H3,(H2,27,28). The lowest BCUT2D eigenvalue weighted by Gasteiger charge is -2.18. The number of benzene rings is 3. The van der Waals surface area contributed by atoms with E-state index in [1.54, 1.807) is 0 Å². The van der Waals surface area contributed by atoms with Crippen LogP contribution in [0.2, 0.25) is 0 Å². The normalized spacial score (nSPS) is 11.4. The van der Waals surface area contributed by atoms with Crippen LogP contribution in [0.5, 0.6) is 0 Å². The zero-order chi connectivity index (χ0) is 20.9. The van der Waals surface area contributed by atoms with Gasteiger partial charge in [0, 0.05) is 6.54 Å². The van der Waals surface area contributed by atoms with E-state index in [0.29, 0.717) is 5.95 Å². The van der Waals surface area contributed by atoms with Crippen LogP contribution < -0.4 is 5.73 Å². The first kappa shape index (κ1) is 20.2. The van der Waals surface area contributed by atoms with Crippen LogP contribution in [0, 0.1) is 0 Å². The Morgan fingerprint density at radius 2 is 1.40 bits per heavy atom. The SMILES string of the molecule is CCN(CC)CCCn1c(N)nc2cc(-c3ccccc3)c(-c3ccccc3)cc21. The monoisotopic (exact) mass is 398 g/mol. The van der Waals surface area contributed by atoms with Gasteiger partial charge < -0.3 is 15.2 Å². The van der Waals surface area contributed by atoms with Crippen molar-refractivity contribution >= 4 is 17.0 Å². The summed E-state index contributed by atoms with van der Waals surface area (Å²) >= 11 is 0. The maximum Gasteiger partial charge on any atom is 0.201 e. The van der Waals surface area contributed by atoms with Crippen molar-refractivity contribution < 1.29 is 0 Å². The van der Waals surface area contributed by atoms with Gasteiger partial charge in [0.2, 0.25) is 5.95 Å². The lowest BCUT2D eigenvalue weighted by Crippen LogP contribution is -2.25. The highest BCUT2D eigenvalue weighted by Gasteiger charge is 2.15. The number of fused-ring (bicyclic) bond motifs is 1. The Kier molecular flexibility index (Phi) is 6.15. The van der Waals surface area contributed by atoms with Gasteiger partial charge in [-0.1, -0.05) is 74.5 Å². The summed E-state index contributed by atoms with van der Waals surface area (Å²) in [5.74, 6) is 0.591. The Balaban J connectivity index is 1.78. The maximum atomic E-state index is 6.35. The van der Waals surface area contributed by atoms with Gasteiger partial charge in [0.15, 0.2) is 0 Å². The van der Waals surface area contributed by atoms with E-state index in [9.17, 15) is 0 Å². The Labute approximate surface area is 179 Å². The van der Waals surface area contributed by atoms with Gasteiger partial charge in [0.05, 0.1) is 11.0 Å². The molecule has 1 aromatic heterocycles. The van der Waals surface area contributed by atoms with Crippen LogP contribution in [-0.2, 0) is 6.54 Å². The minimum atomic E-state index is 0.591. The van der Waals surface area contributed by atoms with E-state index in [2.05, 4.69) is 90.0 Å². The van der Waals surface area contributed by atoms with Crippen molar-refractivity contribution in [3.8, 4) is 22.3 Å². The Bertz CT molecular complexity index is 1100. The zero-order valence-corrected chi connectivity index (χ0v) is 17.9. The molecule has 0 aliphatic carbocycles. The number of rotatable bonds is 8. The summed E-state index contributed by atoms with van der Waals surface area (Å²) in [6, 6.07) is 25.5. The highest BCUT2D eigenvalue weighted by atomic mass is 15.2. The largest absolute Gasteiger partial charge is 0.369 e. The Morgan fingerprint density at radius 3 is 1.97 bits per heavy atom. The van der Waals surface area contributed by atoms with Crippen molar-refractivity contribution in [2.75, 3.05) is 25.4 Å². The molecule has 4 nitrogen and oxygen atoms in total. The minimum absolute atomic E-state index is 0.591. The van der Waals surface area contributed by atoms with Gasteiger partial charge in [-0.15, -0.1) is 0 Å². The van der Waals surface area contributed by atoms with E-state index >= 15 is 0 Å². The summed E-state index contributed by atoms with van der Waals surface area (Å²) in [5, 5.41) is 0. The van der Waals surface area contributed by atoms with Gasteiger partial charge in [-0.2, -0.15) is 0 Å². The van der Waals surface area contributed by atoms with Crippen LogP contribution in [0.4, 0.5) is 5.95 Å². The molecule has 30 heavy (non-hydrogen) atoms. The molecule has 3 aromatic carbocycles.